The maximum absolute atomic E-state index is 13.7. The van der Waals surface area contributed by atoms with Gasteiger partial charge in [-0.05, 0) is 43.9 Å². The smallest absolute Gasteiger partial charge is 0.165 e. The molecule has 0 amide bonds. The average Bonchev–Trinajstić information content (AvgIpc) is 2.38. The molecule has 1 rings (SSSR count). The molecule has 0 saturated carbocycles. The molecule has 0 heterocycles. The lowest BCUT2D eigenvalue weighted by molar-refractivity contribution is 0.384. The predicted octanol–water partition coefficient (Wildman–Crippen LogP) is 4.70. The third-order valence-corrected chi connectivity index (χ3v) is 3.63. The highest BCUT2D eigenvalue weighted by Gasteiger charge is 2.12. The molecule has 0 radical (unpaired) electrons. The molecule has 0 aliphatic carbocycles. The molecule has 3 heteroatoms. The minimum Gasteiger partial charge on any atom is -0.494 e. The lowest BCUT2D eigenvalue weighted by atomic mass is 10.0. The first-order chi connectivity index (χ1) is 9.43. The van der Waals surface area contributed by atoms with Gasteiger partial charge in [-0.2, -0.15) is 0 Å². The molecule has 2 unspecified atom stereocenters. The van der Waals surface area contributed by atoms with Crippen LogP contribution in [0.5, 0.6) is 5.75 Å². The second-order valence-corrected chi connectivity index (χ2v) is 6.01. The molecular formula is C17H28FNO. The molecule has 0 aromatic heterocycles. The monoisotopic (exact) mass is 281 g/mol. The van der Waals surface area contributed by atoms with Gasteiger partial charge >= 0.3 is 0 Å². The summed E-state index contributed by atoms with van der Waals surface area (Å²) in [6, 6.07) is 5.74. The van der Waals surface area contributed by atoms with Crippen molar-refractivity contribution in [3.63, 3.8) is 0 Å². The first-order valence-corrected chi connectivity index (χ1v) is 7.53. The fourth-order valence-electron chi connectivity index (χ4n) is 2.39. The van der Waals surface area contributed by atoms with E-state index in [0.29, 0.717) is 11.8 Å². The molecule has 0 fully saturated rings. The van der Waals surface area contributed by atoms with Crippen LogP contribution in [0.2, 0.25) is 0 Å². The number of benzene rings is 1. The number of hydrogen-bond donors (Lipinski definition) is 1. The summed E-state index contributed by atoms with van der Waals surface area (Å²) in [6.45, 7) is 8.76. The van der Waals surface area contributed by atoms with Crippen LogP contribution in [-0.4, -0.2) is 13.2 Å². The third-order valence-electron chi connectivity index (χ3n) is 3.63. The van der Waals surface area contributed by atoms with E-state index in [4.69, 9.17) is 4.74 Å². The molecule has 1 N–H and O–H groups in total. The molecule has 1 aromatic rings. The number of halogens is 1. The topological polar surface area (TPSA) is 21.3 Å². The van der Waals surface area contributed by atoms with Gasteiger partial charge in [0.1, 0.15) is 0 Å². The normalized spacial score (nSPS) is 14.3. The van der Waals surface area contributed by atoms with Crippen LogP contribution in [0, 0.1) is 11.7 Å². The van der Waals surface area contributed by atoms with Gasteiger partial charge in [0.2, 0.25) is 0 Å². The molecule has 2 nitrogen and oxygen atoms in total. The van der Waals surface area contributed by atoms with Crippen LogP contribution in [0.15, 0.2) is 18.2 Å². The quantitative estimate of drug-likeness (QED) is 0.745. The number of rotatable bonds is 8. The van der Waals surface area contributed by atoms with Crippen LogP contribution in [0.4, 0.5) is 4.39 Å². The second-order valence-electron chi connectivity index (χ2n) is 6.01. The van der Waals surface area contributed by atoms with Gasteiger partial charge < -0.3 is 10.1 Å². The van der Waals surface area contributed by atoms with Gasteiger partial charge in [-0.3, -0.25) is 0 Å². The Bertz CT molecular complexity index is 406. The number of ether oxygens (including phenoxy) is 1. The largest absolute Gasteiger partial charge is 0.494 e. The summed E-state index contributed by atoms with van der Waals surface area (Å²) in [5.41, 5.74) is 0.957. The Morgan fingerprint density at radius 1 is 1.15 bits per heavy atom. The maximum atomic E-state index is 13.7. The molecule has 0 spiro atoms. The third kappa shape index (κ3) is 5.49. The highest BCUT2D eigenvalue weighted by molar-refractivity contribution is 5.30. The summed E-state index contributed by atoms with van der Waals surface area (Å²) in [4.78, 5) is 0. The van der Waals surface area contributed by atoms with E-state index in [1.807, 2.05) is 6.07 Å². The van der Waals surface area contributed by atoms with Crippen molar-refractivity contribution in [2.24, 2.45) is 5.92 Å². The van der Waals surface area contributed by atoms with E-state index < -0.39 is 0 Å². The highest BCUT2D eigenvalue weighted by atomic mass is 19.1. The van der Waals surface area contributed by atoms with Crippen LogP contribution in [0.1, 0.15) is 58.6 Å². The Labute approximate surface area is 122 Å². The van der Waals surface area contributed by atoms with Crippen molar-refractivity contribution < 1.29 is 9.13 Å². The van der Waals surface area contributed by atoms with E-state index in [2.05, 4.69) is 33.0 Å². The van der Waals surface area contributed by atoms with Gasteiger partial charge in [-0.25, -0.2) is 4.39 Å². The molecule has 1 aromatic carbocycles. The predicted molar refractivity (Wildman–Crippen MR) is 82.7 cm³/mol. The zero-order chi connectivity index (χ0) is 15.1. The number of hydrogen-bond acceptors (Lipinski definition) is 2. The van der Waals surface area contributed by atoms with Gasteiger partial charge in [0.25, 0.3) is 0 Å². The Hall–Kier alpha value is -1.09. The van der Waals surface area contributed by atoms with E-state index in [0.717, 1.165) is 17.9 Å². The van der Waals surface area contributed by atoms with E-state index in [9.17, 15) is 4.39 Å². The van der Waals surface area contributed by atoms with Gasteiger partial charge in [0.05, 0.1) is 7.11 Å². The summed E-state index contributed by atoms with van der Waals surface area (Å²) in [7, 11) is 1.48. The number of methoxy groups -OCH3 is 1. The lowest BCUT2D eigenvalue weighted by Crippen LogP contribution is -2.29. The SMILES string of the molecule is COc1ccc(C(C)NC(C)CCCC(C)C)cc1F. The molecule has 2 atom stereocenters. The first kappa shape index (κ1) is 17.0. The van der Waals surface area contributed by atoms with Gasteiger partial charge in [0.15, 0.2) is 11.6 Å². The summed E-state index contributed by atoms with van der Waals surface area (Å²) >= 11 is 0. The fourth-order valence-corrected chi connectivity index (χ4v) is 2.39. The van der Waals surface area contributed by atoms with Gasteiger partial charge in [0, 0.05) is 12.1 Å². The summed E-state index contributed by atoms with van der Waals surface area (Å²) < 4.78 is 18.6. The summed E-state index contributed by atoms with van der Waals surface area (Å²) in [6.07, 6.45) is 3.65. The highest BCUT2D eigenvalue weighted by Crippen LogP contribution is 2.22. The molecule has 20 heavy (non-hydrogen) atoms. The van der Waals surface area contributed by atoms with Gasteiger partial charge in [-0.15, -0.1) is 0 Å². The molecule has 0 bridgehead atoms. The second kappa shape index (κ2) is 8.25. The Kier molecular flexibility index (Phi) is 7.00. The van der Waals surface area contributed by atoms with Crippen molar-refractivity contribution in [1.29, 1.82) is 0 Å². The van der Waals surface area contributed by atoms with E-state index in [-0.39, 0.29) is 11.9 Å². The van der Waals surface area contributed by atoms with Crippen molar-refractivity contribution in [3.8, 4) is 5.75 Å². The molecular weight excluding hydrogens is 253 g/mol. The van der Waals surface area contributed by atoms with Crippen LogP contribution >= 0.6 is 0 Å². The Morgan fingerprint density at radius 3 is 2.40 bits per heavy atom. The van der Waals surface area contributed by atoms with Crippen LogP contribution in [0.3, 0.4) is 0 Å². The first-order valence-electron chi connectivity index (χ1n) is 7.53. The Balaban J connectivity index is 2.49. The lowest BCUT2D eigenvalue weighted by Gasteiger charge is -2.21. The average molecular weight is 281 g/mol. The van der Waals surface area contributed by atoms with E-state index in [1.165, 1.54) is 20.0 Å². The van der Waals surface area contributed by atoms with Crippen molar-refractivity contribution in [1.82, 2.24) is 5.32 Å². The minimum atomic E-state index is -0.300. The Morgan fingerprint density at radius 2 is 1.85 bits per heavy atom. The zero-order valence-corrected chi connectivity index (χ0v) is 13.4. The molecule has 0 aliphatic rings. The summed E-state index contributed by atoms with van der Waals surface area (Å²) in [5, 5.41) is 3.53. The van der Waals surface area contributed by atoms with Crippen molar-refractivity contribution >= 4 is 0 Å². The standard InChI is InChI=1S/C17H28FNO/c1-12(2)7-6-8-13(3)19-14(4)15-9-10-17(20-5)16(18)11-15/h9-14,19H,6-8H2,1-5H3. The van der Waals surface area contributed by atoms with Crippen molar-refractivity contribution in [3.05, 3.63) is 29.6 Å². The fraction of sp³-hybridized carbons (Fsp3) is 0.647. The van der Waals surface area contributed by atoms with Crippen LogP contribution in [-0.2, 0) is 0 Å². The van der Waals surface area contributed by atoms with Crippen LogP contribution in [0.25, 0.3) is 0 Å². The maximum Gasteiger partial charge on any atom is 0.165 e. The minimum absolute atomic E-state index is 0.143. The van der Waals surface area contributed by atoms with Crippen LogP contribution < -0.4 is 10.1 Å². The van der Waals surface area contributed by atoms with Gasteiger partial charge in [-0.1, -0.05) is 32.8 Å². The molecule has 114 valence electrons. The number of nitrogens with one attached hydrogen (secondary N) is 1. The summed E-state index contributed by atoms with van der Waals surface area (Å²) in [5.74, 6) is 0.757. The zero-order valence-electron chi connectivity index (χ0n) is 13.4. The van der Waals surface area contributed by atoms with E-state index in [1.54, 1.807) is 12.1 Å². The molecule has 0 saturated heterocycles. The van der Waals surface area contributed by atoms with Crippen molar-refractivity contribution in [2.45, 2.75) is 59.0 Å². The van der Waals surface area contributed by atoms with E-state index >= 15 is 0 Å². The van der Waals surface area contributed by atoms with Crippen molar-refractivity contribution in [2.75, 3.05) is 7.11 Å². The molecule has 0 aliphatic heterocycles.